The molecule has 1 N–H and O–H groups in total. The fourth-order valence-electron chi connectivity index (χ4n) is 2.12. The highest BCUT2D eigenvalue weighted by Crippen LogP contribution is 2.19. The average Bonchev–Trinajstić information content (AvgIpc) is 2.81. The lowest BCUT2D eigenvalue weighted by Gasteiger charge is -2.10. The molecule has 0 aromatic carbocycles. The molecule has 0 saturated carbocycles. The minimum Gasteiger partial charge on any atom is -0.315 e. The van der Waals surface area contributed by atoms with Crippen LogP contribution in [0.15, 0.2) is 5.51 Å². The summed E-state index contributed by atoms with van der Waals surface area (Å²) in [5.41, 5.74) is 2.94. The molecule has 96 valence electrons. The molecule has 1 saturated heterocycles. The van der Waals surface area contributed by atoms with Gasteiger partial charge in [-0.3, -0.25) is 0 Å². The Labute approximate surface area is 106 Å². The van der Waals surface area contributed by atoms with Crippen molar-refractivity contribution >= 4 is 21.2 Å². The third-order valence-electron chi connectivity index (χ3n) is 3.21. The lowest BCUT2D eigenvalue weighted by molar-refractivity contribution is 0.574. The Morgan fingerprint density at radius 2 is 2.41 bits per heavy atom. The van der Waals surface area contributed by atoms with Crippen LogP contribution in [-0.2, 0) is 16.3 Å². The standard InChI is InChI=1S/C11H18N2O2S2/c1-9-11(16-8-13-9)4-5-12-7-10-3-2-6-17(10,14)15/h8,10,12H,2-7H2,1H3. The zero-order valence-corrected chi connectivity index (χ0v) is 11.6. The van der Waals surface area contributed by atoms with Crippen molar-refractivity contribution in [1.82, 2.24) is 10.3 Å². The van der Waals surface area contributed by atoms with Gasteiger partial charge in [0.25, 0.3) is 0 Å². The Bertz CT molecular complexity index is 468. The molecule has 1 aliphatic rings. The summed E-state index contributed by atoms with van der Waals surface area (Å²) in [7, 11) is -2.80. The number of sulfone groups is 1. The fraction of sp³-hybridized carbons (Fsp3) is 0.727. The lowest BCUT2D eigenvalue weighted by atomic mass is 10.2. The predicted molar refractivity (Wildman–Crippen MR) is 70.2 cm³/mol. The van der Waals surface area contributed by atoms with Gasteiger partial charge in [-0.25, -0.2) is 13.4 Å². The molecule has 0 amide bonds. The summed E-state index contributed by atoms with van der Waals surface area (Å²) in [5, 5.41) is 3.09. The minimum absolute atomic E-state index is 0.162. The number of rotatable bonds is 5. The molecular formula is C11H18N2O2S2. The van der Waals surface area contributed by atoms with E-state index in [0.717, 1.165) is 31.5 Å². The monoisotopic (exact) mass is 274 g/mol. The molecule has 2 heterocycles. The van der Waals surface area contributed by atoms with Crippen molar-refractivity contribution < 1.29 is 8.42 Å². The summed E-state index contributed by atoms with van der Waals surface area (Å²) < 4.78 is 23.2. The van der Waals surface area contributed by atoms with Crippen LogP contribution in [0.2, 0.25) is 0 Å². The van der Waals surface area contributed by atoms with Crippen LogP contribution in [0.5, 0.6) is 0 Å². The van der Waals surface area contributed by atoms with Gasteiger partial charge in [-0.05, 0) is 26.2 Å². The largest absolute Gasteiger partial charge is 0.315 e. The molecule has 2 rings (SSSR count). The van der Waals surface area contributed by atoms with Crippen molar-refractivity contribution in [2.75, 3.05) is 18.8 Å². The molecule has 0 bridgehead atoms. The number of nitrogens with zero attached hydrogens (tertiary/aromatic N) is 1. The van der Waals surface area contributed by atoms with Crippen LogP contribution in [-0.4, -0.2) is 37.5 Å². The molecule has 0 radical (unpaired) electrons. The van der Waals surface area contributed by atoms with Gasteiger partial charge in [0.1, 0.15) is 0 Å². The first-order valence-electron chi connectivity index (χ1n) is 5.91. The van der Waals surface area contributed by atoms with Gasteiger partial charge in [0, 0.05) is 18.0 Å². The van der Waals surface area contributed by atoms with E-state index in [-0.39, 0.29) is 5.25 Å². The van der Waals surface area contributed by atoms with Crippen LogP contribution in [0, 0.1) is 6.92 Å². The number of hydrogen-bond donors (Lipinski definition) is 1. The SMILES string of the molecule is Cc1ncsc1CCNCC1CCCS1(=O)=O. The Kier molecular flexibility index (Phi) is 4.17. The van der Waals surface area contributed by atoms with E-state index in [9.17, 15) is 8.42 Å². The number of aryl methyl sites for hydroxylation is 1. The number of thiazole rings is 1. The summed E-state index contributed by atoms with van der Waals surface area (Å²) in [6.07, 6.45) is 2.57. The molecule has 6 heteroatoms. The summed E-state index contributed by atoms with van der Waals surface area (Å²) in [6, 6.07) is 0. The second-order valence-corrected chi connectivity index (χ2v) is 7.79. The van der Waals surface area contributed by atoms with E-state index in [1.807, 2.05) is 12.4 Å². The predicted octanol–water partition coefficient (Wildman–Crippen LogP) is 1.16. The Hall–Kier alpha value is -0.460. The van der Waals surface area contributed by atoms with Crippen LogP contribution in [0.25, 0.3) is 0 Å². The van der Waals surface area contributed by atoms with Crippen molar-refractivity contribution in [3.8, 4) is 0 Å². The molecule has 0 spiro atoms. The van der Waals surface area contributed by atoms with Crippen LogP contribution in [0.4, 0.5) is 0 Å². The molecule has 1 atom stereocenters. The van der Waals surface area contributed by atoms with Crippen molar-refractivity contribution in [3.63, 3.8) is 0 Å². The van der Waals surface area contributed by atoms with Crippen LogP contribution in [0.3, 0.4) is 0 Å². The highest BCUT2D eigenvalue weighted by Gasteiger charge is 2.30. The first-order valence-corrected chi connectivity index (χ1v) is 8.50. The van der Waals surface area contributed by atoms with Crippen molar-refractivity contribution in [2.24, 2.45) is 0 Å². The maximum atomic E-state index is 11.6. The van der Waals surface area contributed by atoms with Crippen molar-refractivity contribution in [1.29, 1.82) is 0 Å². The Morgan fingerprint density at radius 3 is 3.00 bits per heavy atom. The normalized spacial score (nSPS) is 23.0. The molecule has 1 aliphatic heterocycles. The van der Waals surface area contributed by atoms with E-state index in [1.54, 1.807) is 11.3 Å². The fourth-order valence-corrected chi connectivity index (χ4v) is 4.70. The van der Waals surface area contributed by atoms with Gasteiger partial charge in [-0.2, -0.15) is 0 Å². The van der Waals surface area contributed by atoms with Crippen LogP contribution < -0.4 is 5.32 Å². The molecule has 1 aromatic heterocycles. The molecular weight excluding hydrogens is 256 g/mol. The number of aromatic nitrogens is 1. The van der Waals surface area contributed by atoms with Gasteiger partial charge in [-0.15, -0.1) is 11.3 Å². The maximum Gasteiger partial charge on any atom is 0.154 e. The Balaban J connectivity index is 1.72. The van der Waals surface area contributed by atoms with Crippen molar-refractivity contribution in [2.45, 2.75) is 31.4 Å². The third-order valence-corrected chi connectivity index (χ3v) is 6.48. The highest BCUT2D eigenvalue weighted by atomic mass is 32.2. The number of nitrogens with one attached hydrogen (secondary N) is 1. The van der Waals surface area contributed by atoms with E-state index in [0.29, 0.717) is 12.3 Å². The summed E-state index contributed by atoms with van der Waals surface area (Å²) >= 11 is 1.66. The molecule has 1 fully saturated rings. The second-order valence-electron chi connectivity index (χ2n) is 4.45. The Morgan fingerprint density at radius 1 is 1.59 bits per heavy atom. The van der Waals surface area contributed by atoms with Gasteiger partial charge >= 0.3 is 0 Å². The average molecular weight is 274 g/mol. The molecule has 0 aliphatic carbocycles. The molecule has 4 nitrogen and oxygen atoms in total. The quantitative estimate of drug-likeness (QED) is 0.819. The zero-order valence-electron chi connectivity index (χ0n) is 9.98. The topological polar surface area (TPSA) is 59.1 Å². The first-order chi connectivity index (χ1) is 8.09. The summed E-state index contributed by atoms with van der Waals surface area (Å²) in [6.45, 7) is 3.43. The van der Waals surface area contributed by atoms with Crippen molar-refractivity contribution in [3.05, 3.63) is 16.1 Å². The lowest BCUT2D eigenvalue weighted by Crippen LogP contribution is -2.31. The maximum absolute atomic E-state index is 11.6. The summed E-state index contributed by atoms with van der Waals surface area (Å²) in [4.78, 5) is 5.47. The second kappa shape index (κ2) is 5.46. The van der Waals surface area contributed by atoms with E-state index in [2.05, 4.69) is 10.3 Å². The van der Waals surface area contributed by atoms with E-state index < -0.39 is 9.84 Å². The highest BCUT2D eigenvalue weighted by molar-refractivity contribution is 7.92. The van der Waals surface area contributed by atoms with Gasteiger partial charge in [0.05, 0.1) is 22.2 Å². The van der Waals surface area contributed by atoms with E-state index in [1.165, 1.54) is 4.88 Å². The van der Waals surface area contributed by atoms with E-state index >= 15 is 0 Å². The van der Waals surface area contributed by atoms with Crippen LogP contribution in [0.1, 0.15) is 23.4 Å². The van der Waals surface area contributed by atoms with Gasteiger partial charge < -0.3 is 5.32 Å². The van der Waals surface area contributed by atoms with E-state index in [4.69, 9.17) is 0 Å². The van der Waals surface area contributed by atoms with Gasteiger partial charge in [0.2, 0.25) is 0 Å². The van der Waals surface area contributed by atoms with Gasteiger partial charge in [0.15, 0.2) is 9.84 Å². The van der Waals surface area contributed by atoms with Crippen LogP contribution >= 0.6 is 11.3 Å². The first kappa shape index (κ1) is 13.0. The zero-order chi connectivity index (χ0) is 12.3. The number of hydrogen-bond acceptors (Lipinski definition) is 5. The molecule has 17 heavy (non-hydrogen) atoms. The molecule has 1 aromatic rings. The summed E-state index contributed by atoms with van der Waals surface area (Å²) in [5.74, 6) is 0.368. The minimum atomic E-state index is -2.80. The third kappa shape index (κ3) is 3.26. The molecule has 1 unspecified atom stereocenters. The smallest absolute Gasteiger partial charge is 0.154 e. The van der Waals surface area contributed by atoms with Gasteiger partial charge in [-0.1, -0.05) is 0 Å².